The lowest BCUT2D eigenvalue weighted by Gasteiger charge is -2.36. The van der Waals surface area contributed by atoms with Crippen molar-refractivity contribution in [2.45, 2.75) is 13.3 Å². The highest BCUT2D eigenvalue weighted by molar-refractivity contribution is 7.22. The zero-order chi connectivity index (χ0) is 20.4. The number of piperazine rings is 1. The van der Waals surface area contributed by atoms with Gasteiger partial charge in [0.15, 0.2) is 5.13 Å². The van der Waals surface area contributed by atoms with Gasteiger partial charge < -0.3 is 15.1 Å². The van der Waals surface area contributed by atoms with E-state index in [0.717, 1.165) is 34.6 Å². The first kappa shape index (κ1) is 19.3. The van der Waals surface area contributed by atoms with Gasteiger partial charge in [-0.2, -0.15) is 0 Å². The van der Waals surface area contributed by atoms with Gasteiger partial charge in [0.1, 0.15) is 5.82 Å². The quantitative estimate of drug-likeness (QED) is 0.714. The molecule has 4 rings (SSSR count). The molecule has 1 aromatic heterocycles. The molecule has 1 fully saturated rings. The molecule has 2 aromatic carbocycles. The molecule has 0 spiro atoms. The van der Waals surface area contributed by atoms with Crippen molar-refractivity contribution in [3.05, 3.63) is 53.8 Å². The maximum atomic E-state index is 13.1. The van der Waals surface area contributed by atoms with Crippen molar-refractivity contribution in [2.24, 2.45) is 0 Å². The third kappa shape index (κ3) is 4.54. The van der Waals surface area contributed by atoms with Gasteiger partial charge in [0, 0.05) is 38.8 Å². The summed E-state index contributed by atoms with van der Waals surface area (Å²) in [4.78, 5) is 32.3. The van der Waals surface area contributed by atoms with Crippen molar-refractivity contribution in [3.8, 4) is 0 Å². The summed E-state index contributed by atoms with van der Waals surface area (Å²) in [6.45, 7) is 4.19. The van der Waals surface area contributed by atoms with E-state index in [0.29, 0.717) is 24.6 Å². The molecular formula is C21H21FN4O2S. The SMILES string of the molecule is CC(=O)Nc1nc2ccc(CC(=O)N3CCN(c4ccc(F)cc4)CC3)cc2s1. The molecule has 150 valence electrons. The number of anilines is 2. The number of aromatic nitrogens is 1. The van der Waals surface area contributed by atoms with Gasteiger partial charge in [-0.05, 0) is 42.0 Å². The van der Waals surface area contributed by atoms with Crippen LogP contribution in [0.4, 0.5) is 15.2 Å². The molecule has 3 aromatic rings. The average molecular weight is 412 g/mol. The third-order valence-corrected chi connectivity index (χ3v) is 5.85. The highest BCUT2D eigenvalue weighted by Gasteiger charge is 2.21. The van der Waals surface area contributed by atoms with Gasteiger partial charge in [0.05, 0.1) is 16.6 Å². The fourth-order valence-corrected chi connectivity index (χ4v) is 4.41. The monoisotopic (exact) mass is 412 g/mol. The van der Waals surface area contributed by atoms with E-state index in [1.165, 1.54) is 30.4 Å². The van der Waals surface area contributed by atoms with Crippen LogP contribution in [0.3, 0.4) is 0 Å². The van der Waals surface area contributed by atoms with Crippen molar-refractivity contribution >= 4 is 44.2 Å². The van der Waals surface area contributed by atoms with E-state index in [-0.39, 0.29) is 17.6 Å². The predicted octanol–water partition coefficient (Wildman–Crippen LogP) is 3.29. The first-order chi connectivity index (χ1) is 14.0. The van der Waals surface area contributed by atoms with Crippen LogP contribution in [-0.4, -0.2) is 47.9 Å². The summed E-state index contributed by atoms with van der Waals surface area (Å²) in [6, 6.07) is 12.2. The van der Waals surface area contributed by atoms with E-state index in [1.807, 2.05) is 23.1 Å². The Morgan fingerprint density at radius 3 is 2.52 bits per heavy atom. The minimum Gasteiger partial charge on any atom is -0.368 e. The number of carbonyl (C=O) groups excluding carboxylic acids is 2. The summed E-state index contributed by atoms with van der Waals surface area (Å²) in [5, 5.41) is 3.26. The summed E-state index contributed by atoms with van der Waals surface area (Å²) in [6.07, 6.45) is 0.333. The molecule has 1 saturated heterocycles. The van der Waals surface area contributed by atoms with Crippen molar-refractivity contribution in [2.75, 3.05) is 36.4 Å². The number of hydrogen-bond acceptors (Lipinski definition) is 5. The van der Waals surface area contributed by atoms with E-state index >= 15 is 0 Å². The zero-order valence-corrected chi connectivity index (χ0v) is 16.8. The van der Waals surface area contributed by atoms with Crippen LogP contribution in [0.1, 0.15) is 12.5 Å². The second-order valence-electron chi connectivity index (χ2n) is 7.02. The lowest BCUT2D eigenvalue weighted by atomic mass is 10.1. The van der Waals surface area contributed by atoms with Gasteiger partial charge >= 0.3 is 0 Å². The van der Waals surface area contributed by atoms with Crippen LogP contribution in [0.5, 0.6) is 0 Å². The molecule has 2 amide bonds. The number of benzene rings is 2. The fraction of sp³-hybridized carbons (Fsp3) is 0.286. The Morgan fingerprint density at radius 1 is 1.10 bits per heavy atom. The molecule has 0 atom stereocenters. The Bertz CT molecular complexity index is 1040. The topological polar surface area (TPSA) is 65.5 Å². The molecular weight excluding hydrogens is 391 g/mol. The summed E-state index contributed by atoms with van der Waals surface area (Å²) in [5.74, 6) is -0.307. The number of halogens is 1. The Labute approximate surface area is 172 Å². The first-order valence-electron chi connectivity index (χ1n) is 9.43. The summed E-state index contributed by atoms with van der Waals surface area (Å²) >= 11 is 1.40. The maximum Gasteiger partial charge on any atom is 0.227 e. The minimum atomic E-state index is -0.246. The Morgan fingerprint density at radius 2 is 1.83 bits per heavy atom. The molecule has 1 aliphatic heterocycles. The molecule has 2 heterocycles. The third-order valence-electron chi connectivity index (χ3n) is 4.92. The lowest BCUT2D eigenvalue weighted by molar-refractivity contribution is -0.130. The zero-order valence-electron chi connectivity index (χ0n) is 16.0. The van der Waals surface area contributed by atoms with Gasteiger partial charge in [-0.15, -0.1) is 0 Å². The highest BCUT2D eigenvalue weighted by atomic mass is 32.1. The van der Waals surface area contributed by atoms with E-state index in [9.17, 15) is 14.0 Å². The molecule has 29 heavy (non-hydrogen) atoms. The molecule has 0 radical (unpaired) electrons. The van der Waals surface area contributed by atoms with E-state index < -0.39 is 0 Å². The van der Waals surface area contributed by atoms with Crippen LogP contribution in [0.25, 0.3) is 10.2 Å². The molecule has 6 nitrogen and oxygen atoms in total. The van der Waals surface area contributed by atoms with Crippen LogP contribution in [-0.2, 0) is 16.0 Å². The Hall–Kier alpha value is -3.00. The van der Waals surface area contributed by atoms with Crippen LogP contribution < -0.4 is 10.2 Å². The second-order valence-corrected chi connectivity index (χ2v) is 8.05. The van der Waals surface area contributed by atoms with E-state index in [4.69, 9.17) is 0 Å². The van der Waals surface area contributed by atoms with Crippen molar-refractivity contribution in [1.82, 2.24) is 9.88 Å². The molecule has 1 aliphatic rings. The number of nitrogens with one attached hydrogen (secondary N) is 1. The number of hydrogen-bond donors (Lipinski definition) is 1. The maximum absolute atomic E-state index is 13.1. The predicted molar refractivity (Wildman–Crippen MR) is 113 cm³/mol. The molecule has 0 bridgehead atoms. The average Bonchev–Trinajstić information content (AvgIpc) is 3.09. The molecule has 1 N–H and O–H groups in total. The van der Waals surface area contributed by atoms with Crippen LogP contribution in [0.2, 0.25) is 0 Å². The highest BCUT2D eigenvalue weighted by Crippen LogP contribution is 2.27. The van der Waals surface area contributed by atoms with Crippen LogP contribution in [0, 0.1) is 5.82 Å². The second kappa shape index (κ2) is 8.16. The Kier molecular flexibility index (Phi) is 5.44. The minimum absolute atomic E-state index is 0.0923. The smallest absolute Gasteiger partial charge is 0.227 e. The van der Waals surface area contributed by atoms with Crippen LogP contribution in [0.15, 0.2) is 42.5 Å². The number of carbonyl (C=O) groups is 2. The fourth-order valence-electron chi connectivity index (χ4n) is 3.44. The standard InChI is InChI=1S/C21H21FN4O2S/c1-14(27)23-21-24-18-7-2-15(12-19(18)29-21)13-20(28)26-10-8-25(9-11-26)17-5-3-16(22)4-6-17/h2-7,12H,8-11,13H2,1H3,(H,23,24,27). The van der Waals surface area contributed by atoms with E-state index in [1.54, 1.807) is 12.1 Å². The molecule has 0 aliphatic carbocycles. The molecule has 0 unspecified atom stereocenters. The van der Waals surface area contributed by atoms with Gasteiger partial charge in [0.25, 0.3) is 0 Å². The Balaban J connectivity index is 1.37. The number of amides is 2. The molecule has 0 saturated carbocycles. The van der Waals surface area contributed by atoms with Gasteiger partial charge in [-0.1, -0.05) is 17.4 Å². The van der Waals surface area contributed by atoms with Crippen molar-refractivity contribution in [1.29, 1.82) is 0 Å². The van der Waals surface area contributed by atoms with Crippen LogP contribution >= 0.6 is 11.3 Å². The van der Waals surface area contributed by atoms with Gasteiger partial charge in [-0.25, -0.2) is 9.37 Å². The number of rotatable bonds is 4. The van der Waals surface area contributed by atoms with Crippen molar-refractivity contribution < 1.29 is 14.0 Å². The number of nitrogens with zero attached hydrogens (tertiary/aromatic N) is 3. The van der Waals surface area contributed by atoms with Crippen molar-refractivity contribution in [3.63, 3.8) is 0 Å². The van der Waals surface area contributed by atoms with E-state index in [2.05, 4.69) is 15.2 Å². The normalized spacial score (nSPS) is 14.3. The van der Waals surface area contributed by atoms with Gasteiger partial charge in [-0.3, -0.25) is 9.59 Å². The summed E-state index contributed by atoms with van der Waals surface area (Å²) < 4.78 is 14.0. The number of thiazole rings is 1. The lowest BCUT2D eigenvalue weighted by Crippen LogP contribution is -2.49. The molecule has 8 heteroatoms. The summed E-state index contributed by atoms with van der Waals surface area (Å²) in [7, 11) is 0. The largest absolute Gasteiger partial charge is 0.368 e. The van der Waals surface area contributed by atoms with Gasteiger partial charge in [0.2, 0.25) is 11.8 Å². The first-order valence-corrected chi connectivity index (χ1v) is 10.2. The number of fused-ring (bicyclic) bond motifs is 1. The summed E-state index contributed by atoms with van der Waals surface area (Å²) in [5.41, 5.74) is 2.72.